The molecule has 1 atom stereocenters. The largest absolute Gasteiger partial charge is 0.361 e. The average molecular weight is 335 g/mol. The van der Waals surface area contributed by atoms with E-state index in [4.69, 9.17) is 4.52 Å². The van der Waals surface area contributed by atoms with Crippen LogP contribution in [-0.2, 0) is 6.54 Å². The fourth-order valence-electron chi connectivity index (χ4n) is 2.60. The van der Waals surface area contributed by atoms with Gasteiger partial charge < -0.3 is 14.7 Å². The third-order valence-corrected chi connectivity index (χ3v) is 4.91. The molecule has 3 rings (SSSR count). The lowest BCUT2D eigenvalue weighted by molar-refractivity contribution is 0.200. The van der Waals surface area contributed by atoms with Crippen molar-refractivity contribution in [2.24, 2.45) is 0 Å². The first-order chi connectivity index (χ1) is 11.0. The number of aryl methyl sites for hydroxylation is 1. The molecule has 2 aromatic rings. The molecule has 1 N–H and O–H groups in total. The van der Waals surface area contributed by atoms with Crippen LogP contribution in [0.2, 0.25) is 0 Å². The number of aromatic nitrogens is 1. The van der Waals surface area contributed by atoms with Crippen LogP contribution in [0, 0.1) is 12.7 Å². The molecule has 0 spiro atoms. The highest BCUT2D eigenvalue weighted by atomic mass is 32.2. The summed E-state index contributed by atoms with van der Waals surface area (Å²) in [5, 5.41) is 6.86. The number of thioether (sulfide) groups is 1. The number of rotatable bonds is 3. The number of carbonyl (C=O) groups is 1. The topological polar surface area (TPSA) is 58.4 Å². The summed E-state index contributed by atoms with van der Waals surface area (Å²) in [7, 11) is 1.70. The highest BCUT2D eigenvalue weighted by Crippen LogP contribution is 2.37. The Morgan fingerprint density at radius 3 is 3.13 bits per heavy atom. The van der Waals surface area contributed by atoms with E-state index in [-0.39, 0.29) is 17.9 Å². The van der Waals surface area contributed by atoms with Crippen LogP contribution in [-0.4, -0.2) is 28.9 Å². The molecule has 0 aliphatic carbocycles. The van der Waals surface area contributed by atoms with Crippen molar-refractivity contribution in [1.29, 1.82) is 0 Å². The molecule has 2 amide bonds. The minimum atomic E-state index is -0.224. The smallest absolute Gasteiger partial charge is 0.317 e. The molecular weight excluding hydrogens is 317 g/mol. The quantitative estimate of drug-likeness (QED) is 0.933. The van der Waals surface area contributed by atoms with Crippen molar-refractivity contribution in [3.63, 3.8) is 0 Å². The zero-order chi connectivity index (χ0) is 16.4. The Kier molecular flexibility index (Phi) is 4.56. The van der Waals surface area contributed by atoms with Crippen molar-refractivity contribution in [2.45, 2.75) is 30.8 Å². The average Bonchev–Trinajstić information content (AvgIpc) is 2.93. The standard InChI is InChI=1S/C16H18FN3O2S/c1-10-8-11(19-22-10)9-20(2)16(21)18-14-6-7-23-15-12(14)4-3-5-13(15)17/h3-5,8,14H,6-7,9H2,1-2H3,(H,18,21)/t14-/m1/s1. The van der Waals surface area contributed by atoms with Crippen molar-refractivity contribution in [2.75, 3.05) is 12.8 Å². The van der Waals surface area contributed by atoms with Crippen LogP contribution in [0.25, 0.3) is 0 Å². The molecular formula is C16H18FN3O2S. The lowest BCUT2D eigenvalue weighted by Crippen LogP contribution is -2.40. The summed E-state index contributed by atoms with van der Waals surface area (Å²) in [6.45, 7) is 2.17. The van der Waals surface area contributed by atoms with E-state index >= 15 is 0 Å². The predicted molar refractivity (Wildman–Crippen MR) is 85.7 cm³/mol. The van der Waals surface area contributed by atoms with Crippen LogP contribution in [0.5, 0.6) is 0 Å². The minimum Gasteiger partial charge on any atom is -0.361 e. The number of urea groups is 1. The SMILES string of the molecule is Cc1cc(CN(C)C(=O)N[C@@H]2CCSc3c(F)cccc32)no1. The highest BCUT2D eigenvalue weighted by molar-refractivity contribution is 7.99. The molecule has 1 aliphatic rings. The molecule has 0 fully saturated rings. The number of carbonyl (C=O) groups excluding carboxylic acids is 1. The number of benzene rings is 1. The van der Waals surface area contributed by atoms with Gasteiger partial charge in [-0.1, -0.05) is 17.3 Å². The molecule has 0 saturated carbocycles. The van der Waals surface area contributed by atoms with Crippen LogP contribution in [0.1, 0.15) is 29.5 Å². The Morgan fingerprint density at radius 2 is 2.39 bits per heavy atom. The summed E-state index contributed by atoms with van der Waals surface area (Å²) < 4.78 is 18.9. The van der Waals surface area contributed by atoms with Gasteiger partial charge in [-0.2, -0.15) is 0 Å². The maximum atomic E-state index is 13.9. The number of hydrogen-bond donors (Lipinski definition) is 1. The summed E-state index contributed by atoms with van der Waals surface area (Å²) >= 11 is 1.50. The molecule has 1 aromatic heterocycles. The van der Waals surface area contributed by atoms with E-state index in [9.17, 15) is 9.18 Å². The van der Waals surface area contributed by atoms with Crippen molar-refractivity contribution >= 4 is 17.8 Å². The maximum absolute atomic E-state index is 13.9. The lowest BCUT2D eigenvalue weighted by Gasteiger charge is -2.28. The van der Waals surface area contributed by atoms with E-state index in [1.165, 1.54) is 22.7 Å². The number of fused-ring (bicyclic) bond motifs is 1. The third kappa shape index (κ3) is 3.50. The number of hydrogen-bond acceptors (Lipinski definition) is 4. The first kappa shape index (κ1) is 15.9. The fourth-order valence-corrected chi connectivity index (χ4v) is 3.74. The van der Waals surface area contributed by atoms with Crippen molar-refractivity contribution in [3.05, 3.63) is 47.1 Å². The van der Waals surface area contributed by atoms with E-state index in [2.05, 4.69) is 10.5 Å². The predicted octanol–water partition coefficient (Wildman–Crippen LogP) is 3.50. The Labute approximate surface area is 138 Å². The van der Waals surface area contributed by atoms with Crippen LogP contribution >= 0.6 is 11.8 Å². The highest BCUT2D eigenvalue weighted by Gasteiger charge is 2.25. The maximum Gasteiger partial charge on any atom is 0.317 e. The number of halogens is 1. The summed E-state index contributed by atoms with van der Waals surface area (Å²) in [6, 6.07) is 6.42. The molecule has 2 heterocycles. The second-order valence-corrected chi connectivity index (χ2v) is 6.69. The second-order valence-electron chi connectivity index (χ2n) is 5.58. The molecule has 0 unspecified atom stereocenters. The van der Waals surface area contributed by atoms with Gasteiger partial charge in [0.15, 0.2) is 0 Å². The van der Waals surface area contributed by atoms with E-state index in [1.54, 1.807) is 19.2 Å². The number of nitrogens with zero attached hydrogens (tertiary/aromatic N) is 2. The van der Waals surface area contributed by atoms with Crippen molar-refractivity contribution in [3.8, 4) is 0 Å². The molecule has 122 valence electrons. The Hall–Kier alpha value is -2.02. The van der Waals surface area contributed by atoms with Gasteiger partial charge in [0, 0.05) is 23.8 Å². The van der Waals surface area contributed by atoms with E-state index in [1.807, 2.05) is 13.0 Å². The van der Waals surface area contributed by atoms with Crippen LogP contribution in [0.3, 0.4) is 0 Å². The zero-order valence-corrected chi connectivity index (χ0v) is 13.8. The minimum absolute atomic E-state index is 0.170. The van der Waals surface area contributed by atoms with Crippen molar-refractivity contribution in [1.82, 2.24) is 15.4 Å². The molecule has 1 aliphatic heterocycles. The lowest BCUT2D eigenvalue weighted by atomic mass is 10.0. The van der Waals surface area contributed by atoms with Crippen molar-refractivity contribution < 1.29 is 13.7 Å². The van der Waals surface area contributed by atoms with Crippen LogP contribution in [0.4, 0.5) is 9.18 Å². The molecule has 5 nitrogen and oxygen atoms in total. The van der Waals surface area contributed by atoms with Gasteiger partial charge in [-0.3, -0.25) is 0 Å². The number of nitrogens with one attached hydrogen (secondary N) is 1. The van der Waals surface area contributed by atoms with Gasteiger partial charge in [0.05, 0.1) is 12.6 Å². The van der Waals surface area contributed by atoms with Gasteiger partial charge in [0.25, 0.3) is 0 Å². The molecule has 0 saturated heterocycles. The van der Waals surface area contributed by atoms with Crippen LogP contribution in [0.15, 0.2) is 33.7 Å². The first-order valence-electron chi connectivity index (χ1n) is 7.39. The van der Waals surface area contributed by atoms with E-state index in [0.717, 1.165) is 17.7 Å². The Morgan fingerprint density at radius 1 is 1.57 bits per heavy atom. The summed E-state index contributed by atoms with van der Waals surface area (Å²) in [5.41, 5.74) is 1.55. The van der Waals surface area contributed by atoms with E-state index < -0.39 is 0 Å². The monoisotopic (exact) mass is 335 g/mol. The third-order valence-electron chi connectivity index (χ3n) is 3.75. The molecule has 23 heavy (non-hydrogen) atoms. The fraction of sp³-hybridized carbons (Fsp3) is 0.375. The van der Waals surface area contributed by atoms with Gasteiger partial charge in [-0.05, 0) is 25.0 Å². The summed E-state index contributed by atoms with van der Waals surface area (Å²) in [5.74, 6) is 1.27. The molecule has 0 bridgehead atoms. The summed E-state index contributed by atoms with van der Waals surface area (Å²) in [6.07, 6.45) is 0.782. The van der Waals surface area contributed by atoms with Gasteiger partial charge in [-0.15, -0.1) is 11.8 Å². The second kappa shape index (κ2) is 6.62. The van der Waals surface area contributed by atoms with Gasteiger partial charge in [-0.25, -0.2) is 9.18 Å². The molecule has 1 aromatic carbocycles. The van der Waals surface area contributed by atoms with Gasteiger partial charge >= 0.3 is 6.03 Å². The van der Waals surface area contributed by atoms with Gasteiger partial charge in [0.2, 0.25) is 0 Å². The molecule has 7 heteroatoms. The normalized spacial score (nSPS) is 16.7. The molecule has 0 radical (unpaired) electrons. The number of amides is 2. The first-order valence-corrected chi connectivity index (χ1v) is 8.38. The Bertz CT molecular complexity index is 719. The van der Waals surface area contributed by atoms with Gasteiger partial charge in [0.1, 0.15) is 17.3 Å². The Balaban J connectivity index is 1.68. The zero-order valence-electron chi connectivity index (χ0n) is 13.0. The van der Waals surface area contributed by atoms with E-state index in [0.29, 0.717) is 22.9 Å². The summed E-state index contributed by atoms with van der Waals surface area (Å²) in [4.78, 5) is 14.6. The van der Waals surface area contributed by atoms with Crippen LogP contribution < -0.4 is 5.32 Å².